The zero-order valence-corrected chi connectivity index (χ0v) is 16.8. The predicted octanol–water partition coefficient (Wildman–Crippen LogP) is 4.42. The molecule has 4 nitrogen and oxygen atoms in total. The average molecular weight is 476 g/mol. The van der Waals surface area contributed by atoms with Crippen LogP contribution in [0.3, 0.4) is 0 Å². The van der Waals surface area contributed by atoms with Crippen molar-refractivity contribution in [1.29, 1.82) is 0 Å². The van der Waals surface area contributed by atoms with Crippen LogP contribution in [0.4, 0.5) is 13.2 Å². The molecule has 24 heavy (non-hydrogen) atoms. The molecule has 0 amide bonds. The highest BCUT2D eigenvalue weighted by atomic mass is 127. The average Bonchev–Trinajstić information content (AvgIpc) is 3.01. The Labute approximate surface area is 161 Å². The molecule has 0 unspecified atom stereocenters. The molecule has 138 valence electrons. The Morgan fingerprint density at radius 2 is 2.00 bits per heavy atom. The van der Waals surface area contributed by atoms with Gasteiger partial charge in [0, 0.05) is 19.0 Å². The maximum atomic E-state index is 12.5. The van der Waals surface area contributed by atoms with Crippen LogP contribution in [0.15, 0.2) is 10.4 Å². The van der Waals surface area contributed by atoms with Gasteiger partial charge in [-0.05, 0) is 12.3 Å². The van der Waals surface area contributed by atoms with Gasteiger partial charge in [0.25, 0.3) is 0 Å². The summed E-state index contributed by atoms with van der Waals surface area (Å²) in [5.74, 6) is 1.38. The maximum Gasteiger partial charge on any atom is 0.434 e. The third-order valence-electron chi connectivity index (χ3n) is 4.04. The van der Waals surface area contributed by atoms with Crippen molar-refractivity contribution in [2.75, 3.05) is 13.6 Å². The van der Waals surface area contributed by atoms with Gasteiger partial charge in [0.2, 0.25) is 0 Å². The lowest BCUT2D eigenvalue weighted by molar-refractivity contribution is -0.140. The second-order valence-corrected chi connectivity index (χ2v) is 6.71. The Morgan fingerprint density at radius 1 is 1.29 bits per heavy atom. The molecule has 1 aliphatic rings. The van der Waals surface area contributed by atoms with E-state index in [1.165, 1.54) is 32.1 Å². The Hall–Kier alpha value is -0.580. The molecular formula is C15H24F3IN4S. The van der Waals surface area contributed by atoms with Gasteiger partial charge in [-0.1, -0.05) is 32.1 Å². The van der Waals surface area contributed by atoms with Crippen LogP contribution in [-0.2, 0) is 12.7 Å². The highest BCUT2D eigenvalue weighted by Crippen LogP contribution is 2.30. The molecular weight excluding hydrogens is 452 g/mol. The van der Waals surface area contributed by atoms with Crippen LogP contribution >= 0.6 is 35.3 Å². The lowest BCUT2D eigenvalue weighted by Crippen LogP contribution is -2.37. The lowest BCUT2D eigenvalue weighted by Gasteiger charge is -2.22. The van der Waals surface area contributed by atoms with Crippen LogP contribution in [0.1, 0.15) is 49.2 Å². The molecule has 0 atom stereocenters. The van der Waals surface area contributed by atoms with Crippen molar-refractivity contribution in [2.24, 2.45) is 10.9 Å². The summed E-state index contributed by atoms with van der Waals surface area (Å²) in [7, 11) is 1.65. The Morgan fingerprint density at radius 3 is 2.58 bits per heavy atom. The van der Waals surface area contributed by atoms with Crippen LogP contribution in [0.5, 0.6) is 0 Å². The number of hydrogen-bond donors (Lipinski definition) is 2. The van der Waals surface area contributed by atoms with Gasteiger partial charge in [-0.2, -0.15) is 13.2 Å². The molecule has 0 aliphatic heterocycles. The Balaban J connectivity index is 0.00000288. The van der Waals surface area contributed by atoms with Gasteiger partial charge in [0.15, 0.2) is 11.7 Å². The summed E-state index contributed by atoms with van der Waals surface area (Å²) in [6.07, 6.45) is 3.32. The molecule has 1 heterocycles. The lowest BCUT2D eigenvalue weighted by atomic mass is 9.87. The minimum Gasteiger partial charge on any atom is -0.356 e. The zero-order chi connectivity index (χ0) is 16.7. The van der Waals surface area contributed by atoms with Gasteiger partial charge < -0.3 is 10.6 Å². The van der Waals surface area contributed by atoms with Gasteiger partial charge in [-0.25, -0.2) is 4.98 Å². The van der Waals surface area contributed by atoms with E-state index in [1.807, 2.05) is 0 Å². The normalized spacial score (nSPS) is 16.6. The number of aliphatic imine (C=N–C) groups is 1. The first-order chi connectivity index (χ1) is 11.0. The molecule has 1 aromatic heterocycles. The number of alkyl halides is 3. The van der Waals surface area contributed by atoms with Crippen molar-refractivity contribution in [2.45, 2.75) is 51.2 Å². The standard InChI is InChI=1S/C15H23F3N4S.HI/c1-19-14(20-8-7-11-5-3-2-4-6-11)21-9-13-22-12(10-23-13)15(16,17)18;/h10-11H,2-9H2,1H3,(H2,19,20,21);1H. The van der Waals surface area contributed by atoms with E-state index in [2.05, 4.69) is 20.6 Å². The van der Waals surface area contributed by atoms with Crippen LogP contribution in [0.25, 0.3) is 0 Å². The fourth-order valence-electron chi connectivity index (χ4n) is 2.77. The summed E-state index contributed by atoms with van der Waals surface area (Å²) in [6.45, 7) is 1.07. The van der Waals surface area contributed by atoms with E-state index in [9.17, 15) is 13.2 Å². The number of thiazole rings is 1. The van der Waals surface area contributed by atoms with Crippen molar-refractivity contribution in [3.8, 4) is 0 Å². The number of guanidine groups is 1. The fraction of sp³-hybridized carbons (Fsp3) is 0.733. The predicted molar refractivity (Wildman–Crippen MR) is 102 cm³/mol. The molecule has 1 saturated carbocycles. The number of nitrogens with zero attached hydrogens (tertiary/aromatic N) is 2. The van der Waals surface area contributed by atoms with Gasteiger partial charge >= 0.3 is 6.18 Å². The first kappa shape index (κ1) is 21.5. The van der Waals surface area contributed by atoms with Crippen LogP contribution in [-0.4, -0.2) is 24.5 Å². The van der Waals surface area contributed by atoms with E-state index < -0.39 is 11.9 Å². The first-order valence-electron chi connectivity index (χ1n) is 7.95. The van der Waals surface area contributed by atoms with E-state index >= 15 is 0 Å². The summed E-state index contributed by atoms with van der Waals surface area (Å²) < 4.78 is 37.5. The summed E-state index contributed by atoms with van der Waals surface area (Å²) >= 11 is 0.999. The maximum absolute atomic E-state index is 12.5. The van der Waals surface area contributed by atoms with Gasteiger partial charge in [-0.3, -0.25) is 4.99 Å². The second-order valence-electron chi connectivity index (χ2n) is 5.77. The third-order valence-corrected chi connectivity index (χ3v) is 4.89. The quantitative estimate of drug-likeness (QED) is 0.376. The number of hydrogen-bond acceptors (Lipinski definition) is 3. The molecule has 1 aromatic rings. The number of rotatable bonds is 5. The van der Waals surface area contributed by atoms with Crippen molar-refractivity contribution in [3.05, 3.63) is 16.1 Å². The van der Waals surface area contributed by atoms with Crippen molar-refractivity contribution < 1.29 is 13.2 Å². The molecule has 2 rings (SSSR count). The molecule has 0 saturated heterocycles. The van der Waals surface area contributed by atoms with Gasteiger partial charge in [0.05, 0.1) is 6.54 Å². The minimum absolute atomic E-state index is 0. The third kappa shape index (κ3) is 7.12. The monoisotopic (exact) mass is 476 g/mol. The highest BCUT2D eigenvalue weighted by molar-refractivity contribution is 14.0. The van der Waals surface area contributed by atoms with E-state index in [0.29, 0.717) is 11.0 Å². The first-order valence-corrected chi connectivity index (χ1v) is 8.83. The SMILES string of the molecule is CN=C(NCCC1CCCCC1)NCc1nc(C(F)(F)F)cs1.I. The Kier molecular flexibility index (Phi) is 9.32. The number of aromatic nitrogens is 1. The molecule has 0 bridgehead atoms. The van der Waals surface area contributed by atoms with E-state index in [1.54, 1.807) is 7.05 Å². The fourth-order valence-corrected chi connectivity index (χ4v) is 3.51. The molecule has 0 spiro atoms. The molecule has 2 N–H and O–H groups in total. The molecule has 1 fully saturated rings. The number of nitrogens with one attached hydrogen (secondary N) is 2. The largest absolute Gasteiger partial charge is 0.434 e. The van der Waals surface area contributed by atoms with Crippen molar-refractivity contribution in [1.82, 2.24) is 15.6 Å². The second kappa shape index (κ2) is 10.4. The van der Waals surface area contributed by atoms with Crippen LogP contribution in [0, 0.1) is 5.92 Å². The van der Waals surface area contributed by atoms with Gasteiger partial charge in [-0.15, -0.1) is 35.3 Å². The highest BCUT2D eigenvalue weighted by Gasteiger charge is 2.33. The summed E-state index contributed by atoms with van der Waals surface area (Å²) in [6, 6.07) is 0. The number of halogens is 4. The summed E-state index contributed by atoms with van der Waals surface area (Å²) in [5, 5.41) is 7.66. The van der Waals surface area contributed by atoms with Crippen LogP contribution in [0.2, 0.25) is 0 Å². The zero-order valence-electron chi connectivity index (χ0n) is 13.7. The smallest absolute Gasteiger partial charge is 0.356 e. The summed E-state index contributed by atoms with van der Waals surface area (Å²) in [4.78, 5) is 7.68. The Bertz CT molecular complexity index is 513. The van der Waals surface area contributed by atoms with E-state index in [4.69, 9.17) is 0 Å². The van der Waals surface area contributed by atoms with Crippen LogP contribution < -0.4 is 10.6 Å². The molecule has 0 radical (unpaired) electrons. The molecule has 0 aromatic carbocycles. The van der Waals surface area contributed by atoms with E-state index in [-0.39, 0.29) is 30.5 Å². The van der Waals surface area contributed by atoms with E-state index in [0.717, 1.165) is 35.6 Å². The molecule has 1 aliphatic carbocycles. The minimum atomic E-state index is -4.38. The van der Waals surface area contributed by atoms with Crippen molar-refractivity contribution in [3.63, 3.8) is 0 Å². The molecule has 9 heteroatoms. The van der Waals surface area contributed by atoms with Crippen molar-refractivity contribution >= 4 is 41.3 Å². The van der Waals surface area contributed by atoms with Gasteiger partial charge in [0.1, 0.15) is 5.01 Å². The topological polar surface area (TPSA) is 49.3 Å². The summed E-state index contributed by atoms with van der Waals surface area (Å²) in [5.41, 5.74) is -0.834.